The van der Waals surface area contributed by atoms with Crippen molar-refractivity contribution in [1.82, 2.24) is 0 Å². The molecule has 0 aromatic rings. The molecule has 0 spiro atoms. The van der Waals surface area contributed by atoms with Crippen LogP contribution in [-0.2, 0) is 0 Å². The quantitative estimate of drug-likeness (QED) is 0.605. The Morgan fingerprint density at radius 2 is 1.09 bits per heavy atom. The molecule has 22 heavy (non-hydrogen) atoms. The molecular formula is C19H40N2O. The predicted molar refractivity (Wildman–Crippen MR) is 95.2 cm³/mol. The van der Waals surface area contributed by atoms with Gasteiger partial charge in [-0.25, -0.2) is 0 Å². The Hall–Kier alpha value is -0.540. The van der Waals surface area contributed by atoms with Crippen LogP contribution < -0.4 is 10.8 Å². The van der Waals surface area contributed by atoms with Crippen LogP contribution in [0.2, 0.25) is 0 Å². The van der Waals surface area contributed by atoms with Gasteiger partial charge in [0, 0.05) is 11.0 Å². The van der Waals surface area contributed by atoms with E-state index in [1.165, 1.54) is 0 Å². The molecule has 0 saturated heterocycles. The van der Waals surface area contributed by atoms with Crippen LogP contribution in [0.15, 0.2) is 12.3 Å². The minimum atomic E-state index is -0.977. The van der Waals surface area contributed by atoms with Crippen LogP contribution >= 0.6 is 0 Å². The molecule has 132 valence electrons. The van der Waals surface area contributed by atoms with Crippen molar-refractivity contribution in [2.45, 2.75) is 73.4 Å². The highest BCUT2D eigenvalue weighted by molar-refractivity contribution is 5.18. The van der Waals surface area contributed by atoms with Crippen molar-refractivity contribution in [3.63, 3.8) is 0 Å². The van der Waals surface area contributed by atoms with Crippen LogP contribution in [0, 0.1) is 16.2 Å². The molecule has 0 saturated carbocycles. The third-order valence-electron chi connectivity index (χ3n) is 8.21. The maximum absolute atomic E-state index is 12.1. The molecule has 0 rings (SSSR count). The molecule has 0 heterocycles. The minimum absolute atomic E-state index is 0.0198. The van der Waals surface area contributed by atoms with E-state index in [1.54, 1.807) is 0 Å². The van der Waals surface area contributed by atoms with E-state index in [-0.39, 0.29) is 22.1 Å². The summed E-state index contributed by atoms with van der Waals surface area (Å²) in [5.74, 6) is -0.204. The molecule has 0 radical (unpaired) electrons. The van der Waals surface area contributed by atoms with E-state index in [1.807, 2.05) is 6.92 Å². The number of hydrogen-bond donors (Lipinski definition) is 1. The van der Waals surface area contributed by atoms with Crippen molar-refractivity contribution < 1.29 is 9.59 Å². The molecule has 0 aliphatic carbocycles. The summed E-state index contributed by atoms with van der Waals surface area (Å²) in [7, 11) is 6.66. The number of quaternary nitrogens is 1. The van der Waals surface area contributed by atoms with Gasteiger partial charge in [0.1, 0.15) is 0 Å². The van der Waals surface area contributed by atoms with Gasteiger partial charge in [-0.15, -0.1) is 12.3 Å². The summed E-state index contributed by atoms with van der Waals surface area (Å²) in [4.78, 5) is 0. The number of nitrogens with two attached hydrogens (primary N) is 1. The van der Waals surface area contributed by atoms with Gasteiger partial charge in [-0.05, 0) is 31.6 Å². The lowest BCUT2D eigenvalue weighted by atomic mass is 9.45. The van der Waals surface area contributed by atoms with Crippen LogP contribution in [0.4, 0.5) is 0 Å². The molecule has 0 amide bonds. The van der Waals surface area contributed by atoms with E-state index >= 15 is 0 Å². The second-order valence-electron chi connectivity index (χ2n) is 10.1. The normalized spacial score (nSPS) is 18.0. The second kappa shape index (κ2) is 5.24. The Balaban J connectivity index is 6.29. The van der Waals surface area contributed by atoms with Gasteiger partial charge in [0.15, 0.2) is 0 Å². The van der Waals surface area contributed by atoms with Gasteiger partial charge >= 0.3 is 0 Å². The highest BCUT2D eigenvalue weighted by Crippen LogP contribution is 2.61. The fraction of sp³-hybridized carbons (Fsp3) is 0.895. The molecule has 0 bridgehead atoms. The fourth-order valence-corrected chi connectivity index (χ4v) is 3.38. The SMILES string of the molecule is C=C([O-])C(C)(N)C(C)(C)C(C)(C)C(C)(C)C(C)(C)[N+](C)(C)C. The van der Waals surface area contributed by atoms with Crippen LogP contribution in [-0.4, -0.2) is 36.7 Å². The van der Waals surface area contributed by atoms with Crippen molar-refractivity contribution in [2.24, 2.45) is 22.0 Å². The minimum Gasteiger partial charge on any atom is -0.875 e. The molecule has 0 fully saturated rings. The smallest absolute Gasteiger partial charge is 0.0986 e. The first-order chi connectivity index (χ1) is 9.19. The first-order valence-electron chi connectivity index (χ1n) is 8.16. The summed E-state index contributed by atoms with van der Waals surface area (Å²) in [6, 6.07) is 0. The van der Waals surface area contributed by atoms with Gasteiger partial charge in [0.2, 0.25) is 0 Å². The first kappa shape index (κ1) is 21.5. The second-order valence-corrected chi connectivity index (χ2v) is 10.1. The van der Waals surface area contributed by atoms with Gasteiger partial charge in [0.25, 0.3) is 0 Å². The molecule has 1 atom stereocenters. The molecule has 0 aromatic carbocycles. The maximum atomic E-state index is 12.1. The molecule has 3 nitrogen and oxygen atoms in total. The largest absolute Gasteiger partial charge is 0.875 e. The van der Waals surface area contributed by atoms with Crippen LogP contribution in [0.3, 0.4) is 0 Å². The topological polar surface area (TPSA) is 49.1 Å². The van der Waals surface area contributed by atoms with Crippen molar-refractivity contribution in [3.8, 4) is 0 Å². The molecule has 0 aliphatic rings. The van der Waals surface area contributed by atoms with Crippen molar-refractivity contribution in [1.29, 1.82) is 0 Å². The number of rotatable bonds is 6. The zero-order chi connectivity index (χ0) is 18.6. The third-order valence-corrected chi connectivity index (χ3v) is 8.21. The Bertz CT molecular complexity index is 435. The molecule has 0 aromatic heterocycles. The summed E-state index contributed by atoms with van der Waals surface area (Å²) in [6.07, 6.45) is 0. The van der Waals surface area contributed by atoms with Gasteiger partial charge in [-0.1, -0.05) is 41.5 Å². The molecule has 3 heteroatoms. The third kappa shape index (κ3) is 2.60. The molecule has 1 unspecified atom stereocenters. The van der Waals surface area contributed by atoms with Crippen molar-refractivity contribution in [2.75, 3.05) is 21.1 Å². The van der Waals surface area contributed by atoms with Gasteiger partial charge in [-0.2, -0.15) is 0 Å². The molecule has 0 aliphatic heterocycles. The summed E-state index contributed by atoms with van der Waals surface area (Å²) < 4.78 is 0.832. The van der Waals surface area contributed by atoms with Gasteiger partial charge in [-0.3, -0.25) is 0 Å². The summed E-state index contributed by atoms with van der Waals surface area (Å²) in [5, 5.41) is 12.1. The number of hydrogen-bond acceptors (Lipinski definition) is 2. The number of nitrogens with zero attached hydrogens (tertiary/aromatic N) is 1. The van der Waals surface area contributed by atoms with Gasteiger partial charge in [0.05, 0.1) is 26.7 Å². The summed E-state index contributed by atoms with van der Waals surface area (Å²) in [5.41, 5.74) is 4.75. The Morgan fingerprint density at radius 1 is 0.773 bits per heavy atom. The fourth-order valence-electron chi connectivity index (χ4n) is 3.38. The zero-order valence-corrected chi connectivity index (χ0v) is 17.1. The highest BCUT2D eigenvalue weighted by Gasteiger charge is 2.62. The van der Waals surface area contributed by atoms with Crippen LogP contribution in [0.25, 0.3) is 0 Å². The predicted octanol–water partition coefficient (Wildman–Crippen LogP) is 3.14. The Morgan fingerprint density at radius 3 is 1.32 bits per heavy atom. The van der Waals surface area contributed by atoms with Crippen molar-refractivity contribution >= 4 is 0 Å². The van der Waals surface area contributed by atoms with E-state index < -0.39 is 11.0 Å². The highest BCUT2D eigenvalue weighted by atomic mass is 16.3. The molecule has 2 N–H and O–H groups in total. The monoisotopic (exact) mass is 312 g/mol. The average Bonchev–Trinajstić information content (AvgIpc) is 2.25. The maximum Gasteiger partial charge on any atom is 0.0986 e. The Kier molecular flexibility index (Phi) is 5.11. The van der Waals surface area contributed by atoms with E-state index in [4.69, 9.17) is 5.73 Å². The van der Waals surface area contributed by atoms with E-state index in [9.17, 15) is 5.11 Å². The van der Waals surface area contributed by atoms with Crippen LogP contribution in [0.1, 0.15) is 62.3 Å². The molecular weight excluding hydrogens is 272 g/mol. The van der Waals surface area contributed by atoms with E-state index in [0.717, 1.165) is 4.48 Å². The standard InChI is InChI=1S/C19H40N2O/c1-14(22)19(10,20)17(6,7)15(2,3)16(4,5)18(8,9)21(11,12)13/h1,20H2,2-13H3. The van der Waals surface area contributed by atoms with Crippen molar-refractivity contribution in [3.05, 3.63) is 12.3 Å². The lowest BCUT2D eigenvalue weighted by Gasteiger charge is -2.65. The Labute approximate surface area is 139 Å². The van der Waals surface area contributed by atoms with E-state index in [2.05, 4.69) is 83.1 Å². The lowest BCUT2D eigenvalue weighted by molar-refractivity contribution is -0.930. The lowest BCUT2D eigenvalue weighted by Crippen LogP contribution is -2.70. The summed E-state index contributed by atoms with van der Waals surface area (Å²) in [6.45, 7) is 23.3. The average molecular weight is 313 g/mol. The summed E-state index contributed by atoms with van der Waals surface area (Å²) >= 11 is 0. The van der Waals surface area contributed by atoms with Gasteiger partial charge < -0.3 is 15.3 Å². The zero-order valence-electron chi connectivity index (χ0n) is 17.1. The van der Waals surface area contributed by atoms with Crippen LogP contribution in [0.5, 0.6) is 0 Å². The first-order valence-corrected chi connectivity index (χ1v) is 8.16. The van der Waals surface area contributed by atoms with E-state index in [0.29, 0.717) is 0 Å².